The Kier molecular flexibility index (Phi) is 8.42. The number of para-hydroxylation sites is 1. The Labute approximate surface area is 221 Å². The van der Waals surface area contributed by atoms with Crippen molar-refractivity contribution in [2.24, 2.45) is 17.8 Å². The summed E-state index contributed by atoms with van der Waals surface area (Å²) < 4.78 is 6.52. The molecule has 3 N–H and O–H groups in total. The molecule has 1 spiro atoms. The normalized spacial score (nSPS) is 31.6. The number of aliphatic hydroxyl groups excluding tert-OH is 1. The highest BCUT2D eigenvalue weighted by molar-refractivity contribution is 9.09. The van der Waals surface area contributed by atoms with Gasteiger partial charge in [-0.25, -0.2) is 0 Å². The van der Waals surface area contributed by atoms with Gasteiger partial charge < -0.3 is 25.4 Å². The minimum atomic E-state index is -1.12. The highest BCUT2D eigenvalue weighted by Crippen LogP contribution is 2.60. The highest BCUT2D eigenvalue weighted by Gasteiger charge is 2.77. The van der Waals surface area contributed by atoms with Crippen molar-refractivity contribution >= 4 is 39.3 Å². The lowest BCUT2D eigenvalue weighted by atomic mass is 9.70. The molecule has 3 amide bonds. The van der Waals surface area contributed by atoms with Crippen molar-refractivity contribution in [1.29, 1.82) is 0 Å². The van der Waals surface area contributed by atoms with Gasteiger partial charge in [0.2, 0.25) is 17.7 Å². The van der Waals surface area contributed by atoms with Crippen LogP contribution in [0.3, 0.4) is 0 Å². The number of aliphatic hydroxyl groups is 1. The fraction of sp³-hybridized carbons (Fsp3) is 0.667. The van der Waals surface area contributed by atoms with E-state index in [1.165, 1.54) is 0 Å². The first-order chi connectivity index (χ1) is 17.2. The van der Waals surface area contributed by atoms with E-state index in [2.05, 4.69) is 33.5 Å². The molecule has 3 fully saturated rings. The molecule has 8 nitrogen and oxygen atoms in total. The lowest BCUT2D eigenvalue weighted by Gasteiger charge is -2.37. The van der Waals surface area contributed by atoms with Crippen LogP contribution in [0.5, 0.6) is 0 Å². The van der Waals surface area contributed by atoms with Gasteiger partial charge >= 0.3 is 0 Å². The Bertz CT molecular complexity index is 960. The van der Waals surface area contributed by atoms with Gasteiger partial charge in [-0.1, -0.05) is 67.7 Å². The van der Waals surface area contributed by atoms with Crippen LogP contribution in [0.25, 0.3) is 0 Å². The molecule has 36 heavy (non-hydrogen) atoms. The number of amides is 3. The molecule has 7 atom stereocenters. The van der Waals surface area contributed by atoms with E-state index >= 15 is 0 Å². The van der Waals surface area contributed by atoms with E-state index in [9.17, 15) is 19.5 Å². The van der Waals surface area contributed by atoms with E-state index < -0.39 is 35.6 Å². The van der Waals surface area contributed by atoms with Crippen molar-refractivity contribution in [3.63, 3.8) is 0 Å². The highest BCUT2D eigenvalue weighted by atomic mass is 79.9. The van der Waals surface area contributed by atoms with E-state index in [1.807, 2.05) is 32.0 Å². The standard InChI is InChI=1S/C27H38BrN3O5/c1-4-5-9-12-29-25(34)23-27-14-19(28)22(36-27)20(24(33)30-17-10-7-6-8-11-17)21(27)26(35)31(23)18(15-32)13-16(2)3/h6-8,10-11,16,18-23,32H,4-5,9,12-15H2,1-3H3,(H,29,34)(H,30,33)/t18-,19?,20-,21+,22-,23?,27?/m1/s1. The summed E-state index contributed by atoms with van der Waals surface area (Å²) >= 11 is 3.69. The maximum atomic E-state index is 14.1. The van der Waals surface area contributed by atoms with E-state index in [-0.39, 0.29) is 35.1 Å². The quantitative estimate of drug-likeness (QED) is 0.283. The molecule has 2 bridgehead atoms. The van der Waals surface area contributed by atoms with Crippen LogP contribution in [0.2, 0.25) is 0 Å². The Morgan fingerprint density at radius 1 is 1.22 bits per heavy atom. The fourth-order valence-electron chi connectivity index (χ4n) is 6.31. The van der Waals surface area contributed by atoms with Gasteiger partial charge in [0.15, 0.2) is 0 Å². The summed E-state index contributed by atoms with van der Waals surface area (Å²) in [6.45, 7) is 6.40. The maximum Gasteiger partial charge on any atom is 0.245 e. The van der Waals surface area contributed by atoms with Gasteiger partial charge in [-0.05, 0) is 37.3 Å². The largest absolute Gasteiger partial charge is 0.394 e. The summed E-state index contributed by atoms with van der Waals surface area (Å²) in [7, 11) is 0. The summed E-state index contributed by atoms with van der Waals surface area (Å²) in [6.07, 6.45) is 3.36. The number of unbranched alkanes of at least 4 members (excludes halogenated alkanes) is 2. The van der Waals surface area contributed by atoms with Gasteiger partial charge in [0, 0.05) is 17.1 Å². The Balaban J connectivity index is 1.69. The summed E-state index contributed by atoms with van der Waals surface area (Å²) in [5.41, 5.74) is -0.473. The van der Waals surface area contributed by atoms with Crippen molar-refractivity contribution < 1.29 is 24.2 Å². The number of nitrogens with one attached hydrogen (secondary N) is 2. The lowest BCUT2D eigenvalue weighted by Crippen LogP contribution is -2.58. The van der Waals surface area contributed by atoms with Crippen LogP contribution in [-0.4, -0.2) is 69.5 Å². The third-order valence-electron chi connectivity index (χ3n) is 7.75. The van der Waals surface area contributed by atoms with Gasteiger partial charge in [0.05, 0.1) is 30.6 Å². The number of halogens is 1. The van der Waals surface area contributed by atoms with Crippen molar-refractivity contribution in [3.8, 4) is 0 Å². The average Bonchev–Trinajstić information content (AvgIpc) is 3.44. The third-order valence-corrected chi connectivity index (χ3v) is 8.59. The molecular formula is C27H38BrN3O5. The second-order valence-corrected chi connectivity index (χ2v) is 11.9. The fourth-order valence-corrected chi connectivity index (χ4v) is 7.25. The second-order valence-electron chi connectivity index (χ2n) is 10.7. The molecule has 9 heteroatoms. The molecular weight excluding hydrogens is 526 g/mol. The summed E-state index contributed by atoms with van der Waals surface area (Å²) in [4.78, 5) is 42.7. The molecule has 0 aromatic heterocycles. The zero-order valence-electron chi connectivity index (χ0n) is 21.3. The van der Waals surface area contributed by atoms with Crippen molar-refractivity contribution in [1.82, 2.24) is 10.2 Å². The monoisotopic (exact) mass is 563 g/mol. The van der Waals surface area contributed by atoms with Gasteiger partial charge in [-0.15, -0.1) is 0 Å². The zero-order chi connectivity index (χ0) is 26.0. The summed E-state index contributed by atoms with van der Waals surface area (Å²) in [5.74, 6) is -2.15. The lowest BCUT2D eigenvalue weighted by molar-refractivity contribution is -0.145. The number of carbonyl (C=O) groups is 3. The SMILES string of the molecule is CCCCCNC(=O)C1N([C@@H](CO)CC(C)C)C(=O)[C@@H]2[C@@H](C(=O)Nc3ccccc3)[C@@H]3OC12CC3Br. The zero-order valence-corrected chi connectivity index (χ0v) is 22.9. The van der Waals surface area contributed by atoms with E-state index in [4.69, 9.17) is 4.74 Å². The number of rotatable bonds is 11. The molecule has 3 saturated heterocycles. The van der Waals surface area contributed by atoms with E-state index in [0.29, 0.717) is 25.1 Å². The van der Waals surface area contributed by atoms with Crippen LogP contribution in [0, 0.1) is 17.8 Å². The van der Waals surface area contributed by atoms with Crippen molar-refractivity contribution in [3.05, 3.63) is 30.3 Å². The minimum Gasteiger partial charge on any atom is -0.394 e. The molecule has 1 aromatic carbocycles. The van der Waals surface area contributed by atoms with Crippen molar-refractivity contribution in [2.45, 2.75) is 81.5 Å². The number of alkyl halides is 1. The molecule has 3 unspecified atom stereocenters. The third kappa shape index (κ3) is 4.82. The van der Waals surface area contributed by atoms with E-state index in [0.717, 1.165) is 19.3 Å². The minimum absolute atomic E-state index is 0.166. The Hall–Kier alpha value is -1.97. The first kappa shape index (κ1) is 27.1. The molecule has 4 rings (SSSR count). The number of fused-ring (bicyclic) bond motifs is 1. The van der Waals surface area contributed by atoms with Gasteiger partial charge in [-0.3, -0.25) is 14.4 Å². The van der Waals surface area contributed by atoms with Crippen LogP contribution < -0.4 is 10.6 Å². The average molecular weight is 565 g/mol. The first-order valence-electron chi connectivity index (χ1n) is 13.1. The number of nitrogens with zero attached hydrogens (tertiary/aromatic N) is 1. The number of likely N-dealkylation sites (tertiary alicyclic amines) is 1. The number of ether oxygens (including phenoxy) is 1. The molecule has 0 radical (unpaired) electrons. The van der Waals surface area contributed by atoms with Crippen LogP contribution in [0.4, 0.5) is 5.69 Å². The van der Waals surface area contributed by atoms with E-state index in [1.54, 1.807) is 17.0 Å². The molecule has 3 aliphatic heterocycles. The van der Waals surface area contributed by atoms with Crippen LogP contribution in [0.15, 0.2) is 30.3 Å². The predicted molar refractivity (Wildman–Crippen MR) is 140 cm³/mol. The predicted octanol–water partition coefficient (Wildman–Crippen LogP) is 3.09. The molecule has 0 saturated carbocycles. The molecule has 3 aliphatic rings. The number of anilines is 1. The number of benzene rings is 1. The topological polar surface area (TPSA) is 108 Å². The Morgan fingerprint density at radius 3 is 2.58 bits per heavy atom. The number of hydrogen-bond acceptors (Lipinski definition) is 5. The second kappa shape index (κ2) is 11.2. The van der Waals surface area contributed by atoms with Crippen LogP contribution in [-0.2, 0) is 19.1 Å². The van der Waals surface area contributed by atoms with Gasteiger partial charge in [0.25, 0.3) is 0 Å². The van der Waals surface area contributed by atoms with Gasteiger partial charge in [0.1, 0.15) is 11.6 Å². The number of hydrogen-bond donors (Lipinski definition) is 3. The van der Waals surface area contributed by atoms with Crippen molar-refractivity contribution in [2.75, 3.05) is 18.5 Å². The maximum absolute atomic E-state index is 14.1. The Morgan fingerprint density at radius 2 is 1.94 bits per heavy atom. The first-order valence-corrected chi connectivity index (χ1v) is 14.0. The number of carbonyl (C=O) groups excluding carboxylic acids is 3. The molecule has 198 valence electrons. The van der Waals surface area contributed by atoms with Crippen LogP contribution in [0.1, 0.15) is 52.9 Å². The summed E-state index contributed by atoms with van der Waals surface area (Å²) in [5, 5.41) is 16.3. The smallest absolute Gasteiger partial charge is 0.245 e. The summed E-state index contributed by atoms with van der Waals surface area (Å²) in [6, 6.07) is 7.71. The molecule has 0 aliphatic carbocycles. The molecule has 3 heterocycles. The molecule has 1 aromatic rings. The van der Waals surface area contributed by atoms with Crippen LogP contribution >= 0.6 is 15.9 Å². The van der Waals surface area contributed by atoms with Gasteiger partial charge in [-0.2, -0.15) is 0 Å².